The van der Waals surface area contributed by atoms with Crippen LogP contribution in [-0.4, -0.2) is 53.1 Å². The smallest absolute Gasteiger partial charge is 0.274 e. The predicted octanol–water partition coefficient (Wildman–Crippen LogP) is 4.21. The number of sulfonamides is 1. The Bertz CT molecular complexity index is 1220. The van der Waals surface area contributed by atoms with Gasteiger partial charge >= 0.3 is 0 Å². The predicted molar refractivity (Wildman–Crippen MR) is 132 cm³/mol. The fraction of sp³-hybridized carbons (Fsp3) is 0.565. The Hall–Kier alpha value is -2.99. The third kappa shape index (κ3) is 6.57. The first kappa shape index (κ1) is 28.2. The highest BCUT2D eigenvalue weighted by atomic mass is 32.2. The molecule has 0 saturated carbocycles. The lowest BCUT2D eigenvalue weighted by Gasteiger charge is -2.24. The van der Waals surface area contributed by atoms with Gasteiger partial charge in [0.05, 0.1) is 10.5 Å². The Labute approximate surface area is 206 Å². The summed E-state index contributed by atoms with van der Waals surface area (Å²) in [6.07, 6.45) is 0.773. The van der Waals surface area contributed by atoms with Gasteiger partial charge in [-0.2, -0.15) is 5.10 Å². The molecule has 0 bridgehead atoms. The molecule has 11 nitrogen and oxygen atoms in total. The van der Waals surface area contributed by atoms with Gasteiger partial charge in [0.1, 0.15) is 10.6 Å². The summed E-state index contributed by atoms with van der Waals surface area (Å²) in [4.78, 5) is 24.9. The average Bonchev–Trinajstić information content (AvgIpc) is 3.02. The average molecular weight is 510 g/mol. The summed E-state index contributed by atoms with van der Waals surface area (Å²) in [5.41, 5.74) is -1.24. The molecule has 0 unspecified atom stereocenters. The molecule has 35 heavy (non-hydrogen) atoms. The van der Waals surface area contributed by atoms with Gasteiger partial charge < -0.3 is 9.64 Å². The van der Waals surface area contributed by atoms with E-state index in [1.165, 1.54) is 16.8 Å². The number of nitro groups is 1. The molecule has 0 radical (unpaired) electrons. The zero-order valence-corrected chi connectivity index (χ0v) is 22.6. The third-order valence-corrected chi connectivity index (χ3v) is 6.67. The van der Waals surface area contributed by atoms with E-state index in [4.69, 9.17) is 4.74 Å². The topological polar surface area (TPSA) is 137 Å². The quantitative estimate of drug-likeness (QED) is 0.416. The zero-order valence-electron chi connectivity index (χ0n) is 21.8. The minimum atomic E-state index is -4.20. The third-order valence-electron chi connectivity index (χ3n) is 4.89. The van der Waals surface area contributed by atoms with Crippen LogP contribution in [0, 0.1) is 17.0 Å². The fourth-order valence-electron chi connectivity index (χ4n) is 3.34. The maximum Gasteiger partial charge on any atom is 0.274 e. The number of carbonyl (C=O) groups excluding carboxylic acids is 1. The molecule has 1 aromatic heterocycles. The maximum atomic E-state index is 13.2. The Morgan fingerprint density at radius 2 is 1.83 bits per heavy atom. The summed E-state index contributed by atoms with van der Waals surface area (Å²) in [5.74, 6) is -0.239. The molecule has 1 heterocycles. The molecule has 12 heteroatoms. The number of nitrogens with zero attached hydrogens (tertiary/aromatic N) is 4. The second-order valence-electron chi connectivity index (χ2n) is 10.4. The van der Waals surface area contributed by atoms with Crippen LogP contribution < -0.4 is 9.46 Å². The first-order valence-electron chi connectivity index (χ1n) is 11.2. The van der Waals surface area contributed by atoms with Crippen molar-refractivity contribution >= 4 is 21.6 Å². The summed E-state index contributed by atoms with van der Waals surface area (Å²) in [5, 5.41) is 15.9. The minimum Gasteiger partial charge on any atom is -0.438 e. The van der Waals surface area contributed by atoms with Crippen molar-refractivity contribution < 1.29 is 22.9 Å². The van der Waals surface area contributed by atoms with Gasteiger partial charge in [0.2, 0.25) is 15.9 Å². The highest BCUT2D eigenvalue weighted by molar-refractivity contribution is 7.89. The van der Waals surface area contributed by atoms with Crippen molar-refractivity contribution in [2.75, 3.05) is 13.6 Å². The SMILES string of the molecule is CCCN(C)C(=O)c1nn(C(C)(C)C)c(Oc2ccc([N+](=O)[O-])cc2S(=O)(=O)NC(C)(C)C)c1C. The standard InChI is InChI=1S/C23H35N5O6S/c1-10-13-26(9)20(29)19-15(2)21(27(24-19)23(6,7)8)34-17-12-11-16(28(30)31)14-18(17)35(32,33)25-22(3,4)5/h11-12,14,25H,10,13H2,1-9H3. The summed E-state index contributed by atoms with van der Waals surface area (Å²) in [6, 6.07) is 3.36. The number of ether oxygens (including phenoxy) is 1. The maximum absolute atomic E-state index is 13.2. The van der Waals surface area contributed by atoms with Crippen molar-refractivity contribution in [2.24, 2.45) is 0 Å². The lowest BCUT2D eigenvalue weighted by Crippen LogP contribution is -2.40. The molecule has 1 amide bonds. The number of non-ortho nitro benzene ring substituents is 1. The normalized spacial score (nSPS) is 12.5. The summed E-state index contributed by atoms with van der Waals surface area (Å²) in [6.45, 7) is 14.7. The van der Waals surface area contributed by atoms with Gasteiger partial charge in [-0.05, 0) is 61.0 Å². The second kappa shape index (κ2) is 9.94. The molecule has 1 aromatic carbocycles. The van der Waals surface area contributed by atoms with Crippen LogP contribution in [0.2, 0.25) is 0 Å². The van der Waals surface area contributed by atoms with Crippen LogP contribution in [0.4, 0.5) is 5.69 Å². The molecular formula is C23H35N5O6S. The highest BCUT2D eigenvalue weighted by Crippen LogP contribution is 2.37. The van der Waals surface area contributed by atoms with E-state index >= 15 is 0 Å². The van der Waals surface area contributed by atoms with Gasteiger partial charge in [0.25, 0.3) is 11.6 Å². The van der Waals surface area contributed by atoms with Crippen LogP contribution in [0.1, 0.15) is 70.9 Å². The van der Waals surface area contributed by atoms with Crippen LogP contribution in [0.5, 0.6) is 11.6 Å². The number of hydrogen-bond acceptors (Lipinski definition) is 7. The second-order valence-corrected chi connectivity index (χ2v) is 12.1. The van der Waals surface area contributed by atoms with Crippen LogP contribution in [0.3, 0.4) is 0 Å². The highest BCUT2D eigenvalue weighted by Gasteiger charge is 2.32. The molecule has 0 atom stereocenters. The van der Waals surface area contributed by atoms with E-state index in [1.54, 1.807) is 39.6 Å². The lowest BCUT2D eigenvalue weighted by atomic mass is 10.1. The van der Waals surface area contributed by atoms with Crippen molar-refractivity contribution in [3.05, 3.63) is 39.6 Å². The molecule has 0 aliphatic carbocycles. The van der Waals surface area contributed by atoms with E-state index in [9.17, 15) is 23.3 Å². The number of hydrogen-bond donors (Lipinski definition) is 1. The summed E-state index contributed by atoms with van der Waals surface area (Å²) >= 11 is 0. The monoisotopic (exact) mass is 509 g/mol. The van der Waals surface area contributed by atoms with Crippen molar-refractivity contribution in [3.63, 3.8) is 0 Å². The van der Waals surface area contributed by atoms with Gasteiger partial charge in [-0.1, -0.05) is 6.92 Å². The van der Waals surface area contributed by atoms with E-state index < -0.39 is 36.6 Å². The molecule has 0 saturated heterocycles. The largest absolute Gasteiger partial charge is 0.438 e. The van der Waals surface area contributed by atoms with Crippen LogP contribution in [0.25, 0.3) is 0 Å². The molecule has 194 valence electrons. The molecule has 0 spiro atoms. The molecule has 0 fully saturated rings. The number of amides is 1. The Balaban J connectivity index is 2.72. The van der Waals surface area contributed by atoms with Crippen molar-refractivity contribution in [3.8, 4) is 11.6 Å². The summed E-state index contributed by atoms with van der Waals surface area (Å²) in [7, 11) is -2.52. The molecule has 0 aliphatic heterocycles. The van der Waals surface area contributed by atoms with Gasteiger partial charge in [0, 0.05) is 36.8 Å². The van der Waals surface area contributed by atoms with Gasteiger partial charge in [-0.15, -0.1) is 0 Å². The first-order valence-corrected chi connectivity index (χ1v) is 12.7. The first-order chi connectivity index (χ1) is 15.9. The summed E-state index contributed by atoms with van der Waals surface area (Å²) < 4.78 is 36.5. The molecule has 2 aromatic rings. The van der Waals surface area contributed by atoms with E-state index in [1.807, 2.05) is 27.7 Å². The van der Waals surface area contributed by atoms with E-state index in [-0.39, 0.29) is 23.2 Å². The number of aromatic nitrogens is 2. The lowest BCUT2D eigenvalue weighted by molar-refractivity contribution is -0.385. The van der Waals surface area contributed by atoms with Crippen molar-refractivity contribution in [2.45, 2.75) is 77.8 Å². The number of rotatable bonds is 8. The van der Waals surface area contributed by atoms with E-state index in [2.05, 4.69) is 9.82 Å². The Morgan fingerprint density at radius 3 is 2.31 bits per heavy atom. The van der Waals surface area contributed by atoms with Gasteiger partial charge in [0.15, 0.2) is 5.69 Å². The van der Waals surface area contributed by atoms with Crippen molar-refractivity contribution in [1.82, 2.24) is 19.4 Å². The molecular weight excluding hydrogens is 474 g/mol. The number of nitro benzene ring substituents is 1. The number of nitrogens with one attached hydrogen (secondary N) is 1. The molecule has 0 aliphatic rings. The molecule has 2 rings (SSSR count). The Kier molecular flexibility index (Phi) is 8.02. The van der Waals surface area contributed by atoms with Crippen molar-refractivity contribution in [1.29, 1.82) is 0 Å². The van der Waals surface area contributed by atoms with E-state index in [0.29, 0.717) is 12.1 Å². The van der Waals surface area contributed by atoms with Crippen LogP contribution >= 0.6 is 0 Å². The number of carbonyl (C=O) groups is 1. The van der Waals surface area contributed by atoms with Crippen LogP contribution in [0.15, 0.2) is 23.1 Å². The van der Waals surface area contributed by atoms with Gasteiger partial charge in [-0.25, -0.2) is 17.8 Å². The molecule has 1 N–H and O–H groups in total. The van der Waals surface area contributed by atoms with Crippen LogP contribution in [-0.2, 0) is 15.6 Å². The zero-order chi connectivity index (χ0) is 26.9. The fourth-order valence-corrected chi connectivity index (χ4v) is 4.91. The minimum absolute atomic E-state index is 0.123. The Morgan fingerprint density at radius 1 is 1.23 bits per heavy atom. The van der Waals surface area contributed by atoms with E-state index in [0.717, 1.165) is 12.5 Å². The van der Waals surface area contributed by atoms with Gasteiger partial charge in [-0.3, -0.25) is 14.9 Å². The number of benzene rings is 1.